The van der Waals surface area contributed by atoms with E-state index >= 15 is 0 Å². The third kappa shape index (κ3) is 2.72. The summed E-state index contributed by atoms with van der Waals surface area (Å²) in [7, 11) is 1.91. The maximum atomic E-state index is 6.11. The molecule has 0 bridgehead atoms. The first-order valence-electron chi connectivity index (χ1n) is 6.71. The molecule has 0 unspecified atom stereocenters. The molecule has 0 fully saturated rings. The SMILES string of the molecule is CCc1nn(C)c(Nc2cccc(C(C)C)c2)c1N. The van der Waals surface area contributed by atoms with Crippen LogP contribution in [0.5, 0.6) is 0 Å². The summed E-state index contributed by atoms with van der Waals surface area (Å²) in [5.74, 6) is 1.37. The van der Waals surface area contributed by atoms with Crippen molar-refractivity contribution in [3.63, 3.8) is 0 Å². The third-order valence-electron chi connectivity index (χ3n) is 3.31. The zero-order chi connectivity index (χ0) is 14.0. The average molecular weight is 258 g/mol. The van der Waals surface area contributed by atoms with E-state index in [-0.39, 0.29) is 0 Å². The fraction of sp³-hybridized carbons (Fsp3) is 0.400. The number of aromatic nitrogens is 2. The molecule has 102 valence electrons. The van der Waals surface area contributed by atoms with Gasteiger partial charge in [-0.1, -0.05) is 32.9 Å². The van der Waals surface area contributed by atoms with Crippen molar-refractivity contribution in [2.24, 2.45) is 7.05 Å². The van der Waals surface area contributed by atoms with E-state index in [1.165, 1.54) is 5.56 Å². The molecule has 1 aromatic heterocycles. The van der Waals surface area contributed by atoms with Gasteiger partial charge in [-0.15, -0.1) is 0 Å². The number of nitrogens with one attached hydrogen (secondary N) is 1. The number of hydrogen-bond acceptors (Lipinski definition) is 3. The summed E-state index contributed by atoms with van der Waals surface area (Å²) in [6, 6.07) is 8.40. The Morgan fingerprint density at radius 2 is 2.11 bits per heavy atom. The fourth-order valence-corrected chi connectivity index (χ4v) is 2.12. The fourth-order valence-electron chi connectivity index (χ4n) is 2.12. The van der Waals surface area contributed by atoms with Gasteiger partial charge in [0.2, 0.25) is 0 Å². The standard InChI is InChI=1S/C15H22N4/c1-5-13-14(16)15(19(4)18-13)17-12-8-6-7-11(9-12)10(2)3/h6-10,17H,5,16H2,1-4H3. The van der Waals surface area contributed by atoms with Gasteiger partial charge >= 0.3 is 0 Å². The van der Waals surface area contributed by atoms with Gasteiger partial charge in [-0.3, -0.25) is 4.68 Å². The Morgan fingerprint density at radius 3 is 2.68 bits per heavy atom. The molecule has 0 aliphatic carbocycles. The van der Waals surface area contributed by atoms with E-state index in [0.29, 0.717) is 5.92 Å². The first kappa shape index (κ1) is 13.5. The van der Waals surface area contributed by atoms with Crippen molar-refractivity contribution in [1.29, 1.82) is 0 Å². The molecule has 4 heteroatoms. The monoisotopic (exact) mass is 258 g/mol. The Bertz CT molecular complexity index is 570. The van der Waals surface area contributed by atoms with E-state index in [1.54, 1.807) is 4.68 Å². The predicted octanol–water partition coefficient (Wildman–Crippen LogP) is 3.43. The summed E-state index contributed by atoms with van der Waals surface area (Å²) in [5, 5.41) is 7.78. The number of anilines is 3. The Balaban J connectivity index is 2.31. The molecular weight excluding hydrogens is 236 g/mol. The second-order valence-corrected chi connectivity index (χ2v) is 5.09. The lowest BCUT2D eigenvalue weighted by molar-refractivity contribution is 0.753. The van der Waals surface area contributed by atoms with Crippen molar-refractivity contribution in [2.45, 2.75) is 33.1 Å². The lowest BCUT2D eigenvalue weighted by Gasteiger charge is -2.11. The third-order valence-corrected chi connectivity index (χ3v) is 3.31. The van der Waals surface area contributed by atoms with Crippen molar-refractivity contribution in [1.82, 2.24) is 9.78 Å². The molecule has 19 heavy (non-hydrogen) atoms. The normalized spacial score (nSPS) is 11.0. The minimum Gasteiger partial charge on any atom is -0.394 e. The van der Waals surface area contributed by atoms with Crippen LogP contribution in [0.3, 0.4) is 0 Å². The van der Waals surface area contributed by atoms with Gasteiger partial charge in [-0.25, -0.2) is 0 Å². The number of nitrogen functional groups attached to an aromatic ring is 1. The molecule has 0 aliphatic heterocycles. The number of nitrogens with two attached hydrogens (primary N) is 1. The van der Waals surface area contributed by atoms with Crippen LogP contribution in [0.4, 0.5) is 17.2 Å². The maximum Gasteiger partial charge on any atom is 0.152 e. The maximum absolute atomic E-state index is 6.11. The lowest BCUT2D eigenvalue weighted by Crippen LogP contribution is -2.01. The quantitative estimate of drug-likeness (QED) is 0.883. The van der Waals surface area contributed by atoms with E-state index in [2.05, 4.69) is 49.4 Å². The highest BCUT2D eigenvalue weighted by atomic mass is 15.3. The van der Waals surface area contributed by atoms with Gasteiger partial charge < -0.3 is 11.1 Å². The number of aryl methyl sites for hydroxylation is 2. The van der Waals surface area contributed by atoms with Crippen LogP contribution >= 0.6 is 0 Å². The lowest BCUT2D eigenvalue weighted by atomic mass is 10.0. The zero-order valence-corrected chi connectivity index (χ0v) is 12.1. The summed E-state index contributed by atoms with van der Waals surface area (Å²) >= 11 is 0. The molecule has 0 saturated carbocycles. The highest BCUT2D eigenvalue weighted by Crippen LogP contribution is 2.27. The van der Waals surface area contributed by atoms with Crippen LogP contribution in [0.2, 0.25) is 0 Å². The van der Waals surface area contributed by atoms with Crippen LogP contribution in [0.1, 0.15) is 37.9 Å². The summed E-state index contributed by atoms with van der Waals surface area (Å²) < 4.78 is 1.80. The number of rotatable bonds is 4. The molecule has 0 aliphatic rings. The summed E-state index contributed by atoms with van der Waals surface area (Å²) in [6.07, 6.45) is 0.841. The van der Waals surface area contributed by atoms with Crippen LogP contribution < -0.4 is 11.1 Å². The van der Waals surface area contributed by atoms with Crippen molar-refractivity contribution in [3.05, 3.63) is 35.5 Å². The summed E-state index contributed by atoms with van der Waals surface area (Å²) in [4.78, 5) is 0. The van der Waals surface area contributed by atoms with Gasteiger partial charge in [0.05, 0.1) is 11.4 Å². The summed E-state index contributed by atoms with van der Waals surface area (Å²) in [6.45, 7) is 6.43. The van der Waals surface area contributed by atoms with Crippen LogP contribution in [-0.2, 0) is 13.5 Å². The van der Waals surface area contributed by atoms with E-state index < -0.39 is 0 Å². The van der Waals surface area contributed by atoms with Crippen molar-refractivity contribution >= 4 is 17.2 Å². The molecule has 1 heterocycles. The minimum absolute atomic E-state index is 0.511. The van der Waals surface area contributed by atoms with Crippen LogP contribution in [-0.4, -0.2) is 9.78 Å². The highest BCUT2D eigenvalue weighted by Gasteiger charge is 2.12. The van der Waals surface area contributed by atoms with Gasteiger partial charge in [0.1, 0.15) is 0 Å². The molecule has 4 nitrogen and oxygen atoms in total. The highest BCUT2D eigenvalue weighted by molar-refractivity contribution is 5.71. The molecule has 0 saturated heterocycles. The Labute approximate surface area is 114 Å². The molecule has 0 spiro atoms. The molecule has 0 amide bonds. The molecule has 1 aromatic carbocycles. The summed E-state index contributed by atoms with van der Waals surface area (Å²) in [5.41, 5.74) is 10.1. The van der Waals surface area contributed by atoms with Gasteiger partial charge in [0, 0.05) is 12.7 Å². The van der Waals surface area contributed by atoms with Gasteiger partial charge in [-0.2, -0.15) is 5.10 Å². The van der Waals surface area contributed by atoms with Crippen LogP contribution in [0.15, 0.2) is 24.3 Å². The van der Waals surface area contributed by atoms with E-state index in [1.807, 2.05) is 13.1 Å². The molecule has 3 N–H and O–H groups in total. The van der Waals surface area contributed by atoms with Crippen LogP contribution in [0, 0.1) is 0 Å². The van der Waals surface area contributed by atoms with E-state index in [9.17, 15) is 0 Å². The molecule has 0 atom stereocenters. The first-order chi connectivity index (χ1) is 9.02. The first-order valence-corrected chi connectivity index (χ1v) is 6.71. The second-order valence-electron chi connectivity index (χ2n) is 5.09. The van der Waals surface area contributed by atoms with Crippen molar-refractivity contribution in [2.75, 3.05) is 11.1 Å². The Morgan fingerprint density at radius 1 is 1.37 bits per heavy atom. The molecule has 0 radical (unpaired) electrons. The molecule has 2 aromatic rings. The smallest absolute Gasteiger partial charge is 0.152 e. The van der Waals surface area contributed by atoms with E-state index in [4.69, 9.17) is 5.73 Å². The predicted molar refractivity (Wildman–Crippen MR) is 80.8 cm³/mol. The number of hydrogen-bond donors (Lipinski definition) is 2. The molecular formula is C15H22N4. The Kier molecular flexibility index (Phi) is 3.79. The van der Waals surface area contributed by atoms with Gasteiger partial charge in [0.15, 0.2) is 5.82 Å². The van der Waals surface area contributed by atoms with Gasteiger partial charge in [0.25, 0.3) is 0 Å². The second kappa shape index (κ2) is 5.34. The minimum atomic E-state index is 0.511. The van der Waals surface area contributed by atoms with Crippen molar-refractivity contribution < 1.29 is 0 Å². The zero-order valence-electron chi connectivity index (χ0n) is 12.1. The Hall–Kier alpha value is -1.97. The average Bonchev–Trinajstić information content (AvgIpc) is 2.66. The number of nitrogens with zero attached hydrogens (tertiary/aromatic N) is 2. The number of benzene rings is 1. The van der Waals surface area contributed by atoms with E-state index in [0.717, 1.165) is 29.3 Å². The van der Waals surface area contributed by atoms with Gasteiger partial charge in [-0.05, 0) is 30.0 Å². The van der Waals surface area contributed by atoms with Crippen molar-refractivity contribution in [3.8, 4) is 0 Å². The van der Waals surface area contributed by atoms with Crippen LogP contribution in [0.25, 0.3) is 0 Å². The molecule has 2 rings (SSSR count). The largest absolute Gasteiger partial charge is 0.394 e. The topological polar surface area (TPSA) is 55.9 Å².